The monoisotopic (exact) mass is 343 g/mol. The van der Waals surface area contributed by atoms with Gasteiger partial charge in [0.25, 0.3) is 0 Å². The van der Waals surface area contributed by atoms with Crippen LogP contribution in [-0.4, -0.2) is 17.5 Å². The molecule has 0 spiro atoms. The van der Waals surface area contributed by atoms with E-state index in [9.17, 15) is 9.59 Å². The second-order valence-electron chi connectivity index (χ2n) is 7.23. The van der Waals surface area contributed by atoms with Crippen molar-refractivity contribution in [2.75, 3.05) is 5.32 Å². The van der Waals surface area contributed by atoms with Gasteiger partial charge < -0.3 is 5.32 Å². The van der Waals surface area contributed by atoms with Gasteiger partial charge in [0.15, 0.2) is 0 Å². The fourth-order valence-corrected chi connectivity index (χ4v) is 3.03. The number of carbonyl (C=O) groups is 2. The highest BCUT2D eigenvalue weighted by atomic mass is 16.2. The third kappa shape index (κ3) is 6.33. The van der Waals surface area contributed by atoms with Crippen molar-refractivity contribution in [1.29, 1.82) is 0 Å². The molecular formula is C20H29N3O2. The maximum Gasteiger partial charge on any atom is 0.240 e. The molecule has 0 saturated heterocycles. The summed E-state index contributed by atoms with van der Waals surface area (Å²) < 4.78 is 0. The van der Waals surface area contributed by atoms with E-state index in [1.165, 1.54) is 6.42 Å². The molecule has 1 fully saturated rings. The minimum absolute atomic E-state index is 0.0780. The van der Waals surface area contributed by atoms with Gasteiger partial charge in [-0.2, -0.15) is 5.10 Å². The molecule has 0 heterocycles. The normalized spacial score (nSPS) is 15.9. The van der Waals surface area contributed by atoms with E-state index in [1.807, 2.05) is 45.0 Å². The smallest absolute Gasteiger partial charge is 0.240 e. The van der Waals surface area contributed by atoms with Crippen molar-refractivity contribution < 1.29 is 9.59 Å². The number of nitrogens with one attached hydrogen (secondary N) is 2. The van der Waals surface area contributed by atoms with Crippen LogP contribution in [0.15, 0.2) is 29.4 Å². The van der Waals surface area contributed by atoms with Crippen LogP contribution in [0.5, 0.6) is 0 Å². The minimum Gasteiger partial charge on any atom is -0.326 e. The van der Waals surface area contributed by atoms with E-state index in [0.29, 0.717) is 12.3 Å². The molecule has 2 rings (SSSR count). The van der Waals surface area contributed by atoms with Gasteiger partial charge in [-0.3, -0.25) is 9.59 Å². The van der Waals surface area contributed by atoms with Gasteiger partial charge in [-0.15, -0.1) is 0 Å². The largest absolute Gasteiger partial charge is 0.326 e. The third-order valence-electron chi connectivity index (χ3n) is 4.49. The number of hydrazone groups is 1. The number of hydrogen-bond acceptors (Lipinski definition) is 3. The van der Waals surface area contributed by atoms with Gasteiger partial charge in [0.05, 0.1) is 5.71 Å². The van der Waals surface area contributed by atoms with Crippen LogP contribution in [-0.2, 0) is 9.59 Å². The Hall–Kier alpha value is -2.17. The molecule has 2 amide bonds. The van der Waals surface area contributed by atoms with E-state index in [0.717, 1.165) is 42.6 Å². The minimum atomic E-state index is -0.0780. The highest BCUT2D eigenvalue weighted by Gasteiger charge is 2.20. The Balaban J connectivity index is 1.90. The van der Waals surface area contributed by atoms with Crippen LogP contribution in [0.2, 0.25) is 0 Å². The molecule has 0 aromatic heterocycles. The first kappa shape index (κ1) is 19.2. The number of nitrogens with zero attached hydrogens (tertiary/aromatic N) is 1. The Bertz CT molecular complexity index is 614. The van der Waals surface area contributed by atoms with Gasteiger partial charge in [-0.1, -0.05) is 45.2 Å². The standard InChI is InChI=1S/C20H29N3O2/c1-14(2)13-19(24)23-22-15(3)16-9-11-18(12-10-16)21-20(25)17-7-5-4-6-8-17/h9-12,14,17H,4-8,13H2,1-3H3,(H,21,25)(H,23,24)/b22-15-. The molecule has 0 atom stereocenters. The molecule has 0 unspecified atom stereocenters. The van der Waals surface area contributed by atoms with E-state index in [2.05, 4.69) is 15.8 Å². The van der Waals surface area contributed by atoms with Crippen molar-refractivity contribution in [1.82, 2.24) is 5.43 Å². The molecular weight excluding hydrogens is 314 g/mol. The zero-order valence-corrected chi connectivity index (χ0v) is 15.5. The highest BCUT2D eigenvalue weighted by molar-refractivity contribution is 6.00. The molecule has 1 saturated carbocycles. The van der Waals surface area contributed by atoms with Crippen LogP contribution in [0.1, 0.15) is 64.9 Å². The average Bonchev–Trinajstić information content (AvgIpc) is 2.60. The van der Waals surface area contributed by atoms with Crippen LogP contribution in [0.25, 0.3) is 0 Å². The zero-order valence-electron chi connectivity index (χ0n) is 15.5. The number of benzene rings is 1. The molecule has 5 nitrogen and oxygen atoms in total. The third-order valence-corrected chi connectivity index (χ3v) is 4.49. The van der Waals surface area contributed by atoms with Crippen LogP contribution in [0.3, 0.4) is 0 Å². The van der Waals surface area contributed by atoms with Crippen molar-refractivity contribution in [3.8, 4) is 0 Å². The molecule has 0 radical (unpaired) electrons. The first-order valence-corrected chi connectivity index (χ1v) is 9.20. The first-order chi connectivity index (χ1) is 12.0. The molecule has 136 valence electrons. The summed E-state index contributed by atoms with van der Waals surface area (Å²) in [5, 5.41) is 7.14. The average molecular weight is 343 g/mol. The summed E-state index contributed by atoms with van der Waals surface area (Å²) in [6.45, 7) is 5.85. The summed E-state index contributed by atoms with van der Waals surface area (Å²) in [6, 6.07) is 7.57. The first-order valence-electron chi connectivity index (χ1n) is 9.20. The zero-order chi connectivity index (χ0) is 18.2. The van der Waals surface area contributed by atoms with E-state index in [1.54, 1.807) is 0 Å². The summed E-state index contributed by atoms with van der Waals surface area (Å²) in [7, 11) is 0. The SMILES string of the molecule is C/C(=N/NC(=O)CC(C)C)c1ccc(NC(=O)C2CCCCC2)cc1. The quantitative estimate of drug-likeness (QED) is 0.603. The van der Waals surface area contributed by atoms with Crippen molar-refractivity contribution in [2.45, 2.75) is 59.3 Å². The maximum atomic E-state index is 12.3. The van der Waals surface area contributed by atoms with Gasteiger partial charge in [0.1, 0.15) is 0 Å². The number of hydrogen-bond donors (Lipinski definition) is 2. The fourth-order valence-electron chi connectivity index (χ4n) is 3.03. The molecule has 25 heavy (non-hydrogen) atoms. The topological polar surface area (TPSA) is 70.6 Å². The van der Waals surface area contributed by atoms with Gasteiger partial charge in [0.2, 0.25) is 11.8 Å². The Morgan fingerprint density at radius 3 is 2.36 bits per heavy atom. The van der Waals surface area contributed by atoms with E-state index in [-0.39, 0.29) is 17.7 Å². The van der Waals surface area contributed by atoms with E-state index < -0.39 is 0 Å². The summed E-state index contributed by atoms with van der Waals surface area (Å²) in [5.41, 5.74) is 5.04. The van der Waals surface area contributed by atoms with Crippen molar-refractivity contribution in [3.63, 3.8) is 0 Å². The summed E-state index contributed by atoms with van der Waals surface area (Å²) in [4.78, 5) is 23.9. The number of rotatable bonds is 6. The molecule has 1 aliphatic rings. The van der Waals surface area contributed by atoms with Crippen LogP contribution in [0.4, 0.5) is 5.69 Å². The Labute approximate surface area is 150 Å². The van der Waals surface area contributed by atoms with Crippen molar-refractivity contribution >= 4 is 23.2 Å². The van der Waals surface area contributed by atoms with Crippen LogP contribution in [0, 0.1) is 11.8 Å². The second-order valence-corrected chi connectivity index (χ2v) is 7.23. The molecule has 1 aliphatic carbocycles. The lowest BCUT2D eigenvalue weighted by atomic mass is 9.88. The van der Waals surface area contributed by atoms with Gasteiger partial charge in [-0.25, -0.2) is 5.43 Å². The Morgan fingerprint density at radius 1 is 1.12 bits per heavy atom. The van der Waals surface area contributed by atoms with Gasteiger partial charge in [0, 0.05) is 18.0 Å². The van der Waals surface area contributed by atoms with Gasteiger partial charge >= 0.3 is 0 Å². The summed E-state index contributed by atoms with van der Waals surface area (Å²) in [5.74, 6) is 0.500. The van der Waals surface area contributed by atoms with Crippen LogP contribution >= 0.6 is 0 Å². The molecule has 1 aromatic rings. The second kappa shape index (κ2) is 9.35. The summed E-state index contributed by atoms with van der Waals surface area (Å²) in [6.07, 6.45) is 5.98. The van der Waals surface area contributed by atoms with Crippen LogP contribution < -0.4 is 10.7 Å². The molecule has 0 bridgehead atoms. The lowest BCUT2D eigenvalue weighted by molar-refractivity contribution is -0.122. The van der Waals surface area contributed by atoms with Crippen molar-refractivity contribution in [3.05, 3.63) is 29.8 Å². The lowest BCUT2D eigenvalue weighted by Gasteiger charge is -2.20. The number of amides is 2. The predicted molar refractivity (Wildman–Crippen MR) is 101 cm³/mol. The maximum absolute atomic E-state index is 12.3. The van der Waals surface area contributed by atoms with Crippen molar-refractivity contribution in [2.24, 2.45) is 16.9 Å². The van der Waals surface area contributed by atoms with Gasteiger partial charge in [-0.05, 0) is 43.4 Å². The lowest BCUT2D eigenvalue weighted by Crippen LogP contribution is -2.24. The Morgan fingerprint density at radius 2 is 1.76 bits per heavy atom. The number of anilines is 1. The van der Waals surface area contributed by atoms with E-state index in [4.69, 9.17) is 0 Å². The predicted octanol–water partition coefficient (Wildman–Crippen LogP) is 4.09. The molecule has 1 aromatic carbocycles. The van der Waals surface area contributed by atoms with E-state index >= 15 is 0 Å². The molecule has 5 heteroatoms. The Kier molecular flexibility index (Phi) is 7.16. The fraction of sp³-hybridized carbons (Fsp3) is 0.550. The number of carbonyl (C=O) groups excluding carboxylic acids is 2. The molecule has 2 N–H and O–H groups in total. The highest BCUT2D eigenvalue weighted by Crippen LogP contribution is 2.25. The summed E-state index contributed by atoms with van der Waals surface area (Å²) >= 11 is 0. The molecule has 0 aliphatic heterocycles.